The molecule has 2 rings (SSSR count). The molecule has 2 fully saturated rings. The Morgan fingerprint density at radius 2 is 1.82 bits per heavy atom. The number of fused-ring (bicyclic) bond motifs is 1. The molecule has 8 nitrogen and oxygen atoms in total. The lowest BCUT2D eigenvalue weighted by atomic mass is 10.0. The molecule has 0 radical (unpaired) electrons. The fourth-order valence-electron chi connectivity index (χ4n) is 3.35. The third-order valence-corrected chi connectivity index (χ3v) is 6.33. The molecule has 0 saturated carbocycles. The highest BCUT2D eigenvalue weighted by molar-refractivity contribution is 8.00. The number of amides is 3. The van der Waals surface area contributed by atoms with Crippen molar-refractivity contribution >= 4 is 23.7 Å². The van der Waals surface area contributed by atoms with E-state index in [1.807, 2.05) is 18.7 Å². The van der Waals surface area contributed by atoms with Crippen LogP contribution in [0.3, 0.4) is 0 Å². The first-order chi connectivity index (χ1) is 13.7. The van der Waals surface area contributed by atoms with Crippen molar-refractivity contribution in [1.82, 2.24) is 16.0 Å². The predicted octanol–water partition coefficient (Wildman–Crippen LogP) is 1.29. The number of ether oxygens (including phenoxy) is 3. The summed E-state index contributed by atoms with van der Waals surface area (Å²) in [5.41, 5.74) is 0. The summed E-state index contributed by atoms with van der Waals surface area (Å²) in [5.74, 6) is 1.09. The van der Waals surface area contributed by atoms with Gasteiger partial charge >= 0.3 is 6.03 Å². The van der Waals surface area contributed by atoms with Gasteiger partial charge in [0.05, 0.1) is 38.5 Å². The van der Waals surface area contributed by atoms with Crippen LogP contribution < -0.4 is 16.0 Å². The Morgan fingerprint density at radius 1 is 1.07 bits per heavy atom. The van der Waals surface area contributed by atoms with Crippen molar-refractivity contribution in [3.8, 4) is 0 Å². The molecule has 2 heterocycles. The topological polar surface area (TPSA) is 97.9 Å². The van der Waals surface area contributed by atoms with Crippen molar-refractivity contribution in [3.05, 3.63) is 0 Å². The van der Waals surface area contributed by atoms with Crippen LogP contribution in [0.15, 0.2) is 0 Å². The van der Waals surface area contributed by atoms with Gasteiger partial charge in [-0.1, -0.05) is 6.42 Å². The van der Waals surface area contributed by atoms with E-state index < -0.39 is 0 Å². The number of rotatable bonds is 16. The molecule has 2 aliphatic heterocycles. The molecule has 3 amide bonds. The second kappa shape index (κ2) is 14.0. The first kappa shape index (κ1) is 23.3. The number of carbonyl (C=O) groups excluding carboxylic acids is 2. The van der Waals surface area contributed by atoms with Gasteiger partial charge in [0.25, 0.3) is 0 Å². The monoisotopic (exact) mass is 417 g/mol. The van der Waals surface area contributed by atoms with Crippen molar-refractivity contribution in [2.24, 2.45) is 0 Å². The molecule has 2 saturated heterocycles. The molecule has 0 bridgehead atoms. The molecule has 0 unspecified atom stereocenters. The minimum Gasteiger partial charge on any atom is -0.379 e. The van der Waals surface area contributed by atoms with Crippen LogP contribution in [0.2, 0.25) is 0 Å². The first-order valence-electron chi connectivity index (χ1n) is 10.4. The van der Waals surface area contributed by atoms with Crippen LogP contribution in [-0.4, -0.2) is 81.2 Å². The second-order valence-electron chi connectivity index (χ2n) is 6.99. The standard InChI is InChI=1S/C19H35N3O5S/c1-2-25-10-11-27-13-12-26-9-5-8-20-17(23)7-4-3-6-16-18-15(14-28-16)21-19(24)22-18/h15-16,18H,2-14H2,1H3,(H,20,23)(H2,21,22,24)/t15-,16-,18-/m0/s1. The summed E-state index contributed by atoms with van der Waals surface area (Å²) in [4.78, 5) is 23.2. The fraction of sp³-hybridized carbons (Fsp3) is 0.895. The summed E-state index contributed by atoms with van der Waals surface area (Å²) in [6.07, 6.45) is 4.30. The summed E-state index contributed by atoms with van der Waals surface area (Å²) in [5, 5.41) is 9.36. The minimum atomic E-state index is -0.0437. The Morgan fingerprint density at radius 3 is 2.61 bits per heavy atom. The van der Waals surface area contributed by atoms with E-state index in [2.05, 4.69) is 16.0 Å². The molecule has 0 aromatic heterocycles. The lowest BCUT2D eigenvalue weighted by molar-refractivity contribution is -0.121. The van der Waals surface area contributed by atoms with E-state index >= 15 is 0 Å². The van der Waals surface area contributed by atoms with Crippen molar-refractivity contribution in [3.63, 3.8) is 0 Å². The summed E-state index contributed by atoms with van der Waals surface area (Å²) >= 11 is 1.92. The summed E-state index contributed by atoms with van der Waals surface area (Å²) in [6, 6.07) is 0.480. The number of thioether (sulfide) groups is 1. The Kier molecular flexibility index (Phi) is 11.7. The number of unbranched alkanes of at least 4 members (excludes halogenated alkanes) is 1. The normalized spacial score (nSPS) is 23.3. The van der Waals surface area contributed by atoms with Crippen molar-refractivity contribution in [2.45, 2.75) is 56.4 Å². The molecule has 0 aromatic carbocycles. The van der Waals surface area contributed by atoms with Crippen LogP contribution in [0.25, 0.3) is 0 Å². The van der Waals surface area contributed by atoms with Crippen LogP contribution in [0.4, 0.5) is 4.79 Å². The van der Waals surface area contributed by atoms with Crippen molar-refractivity contribution < 1.29 is 23.8 Å². The molecular weight excluding hydrogens is 382 g/mol. The lowest BCUT2D eigenvalue weighted by Gasteiger charge is -2.16. The Bertz CT molecular complexity index is 469. The zero-order chi connectivity index (χ0) is 20.0. The quantitative estimate of drug-likeness (QED) is 0.259. The zero-order valence-electron chi connectivity index (χ0n) is 16.9. The van der Waals surface area contributed by atoms with Gasteiger partial charge in [0.15, 0.2) is 0 Å². The van der Waals surface area contributed by atoms with Gasteiger partial charge in [0.2, 0.25) is 5.91 Å². The Hall–Kier alpha value is -1.03. The van der Waals surface area contributed by atoms with Gasteiger partial charge in [-0.15, -0.1) is 0 Å². The molecule has 0 spiro atoms. The average Bonchev–Trinajstić information content (AvgIpc) is 3.22. The molecule has 0 aromatic rings. The summed E-state index contributed by atoms with van der Waals surface area (Å²) in [7, 11) is 0. The van der Waals surface area contributed by atoms with E-state index in [0.717, 1.165) is 31.4 Å². The van der Waals surface area contributed by atoms with Gasteiger partial charge < -0.3 is 30.2 Å². The lowest BCUT2D eigenvalue weighted by Crippen LogP contribution is -2.36. The number of carbonyl (C=O) groups is 2. The maximum Gasteiger partial charge on any atom is 0.315 e. The number of hydrogen-bond donors (Lipinski definition) is 3. The molecule has 3 N–H and O–H groups in total. The molecule has 3 atom stereocenters. The highest BCUT2D eigenvalue weighted by Crippen LogP contribution is 2.33. The van der Waals surface area contributed by atoms with E-state index in [-0.39, 0.29) is 24.0 Å². The summed E-state index contributed by atoms with van der Waals surface area (Å²) < 4.78 is 16.0. The predicted molar refractivity (Wildman–Crippen MR) is 110 cm³/mol. The highest BCUT2D eigenvalue weighted by atomic mass is 32.2. The van der Waals surface area contributed by atoms with E-state index in [1.54, 1.807) is 0 Å². The number of nitrogens with one attached hydrogen (secondary N) is 3. The van der Waals surface area contributed by atoms with Crippen molar-refractivity contribution in [1.29, 1.82) is 0 Å². The fourth-order valence-corrected chi connectivity index (χ4v) is 4.89. The number of hydrogen-bond acceptors (Lipinski definition) is 6. The third kappa shape index (κ3) is 8.98. The maximum atomic E-state index is 11.9. The molecule has 9 heteroatoms. The van der Waals surface area contributed by atoms with E-state index in [9.17, 15) is 9.59 Å². The zero-order valence-corrected chi connectivity index (χ0v) is 17.7. The molecular formula is C19H35N3O5S. The van der Waals surface area contributed by atoms with Gasteiger partial charge in [0.1, 0.15) is 0 Å². The third-order valence-electron chi connectivity index (χ3n) is 4.82. The second-order valence-corrected chi connectivity index (χ2v) is 8.26. The van der Waals surface area contributed by atoms with E-state index in [1.165, 1.54) is 0 Å². The summed E-state index contributed by atoms with van der Waals surface area (Å²) in [6.45, 7) is 6.29. The highest BCUT2D eigenvalue weighted by Gasteiger charge is 2.42. The van der Waals surface area contributed by atoms with Gasteiger partial charge in [-0.3, -0.25) is 4.79 Å². The molecule has 2 aliphatic rings. The molecule has 0 aliphatic carbocycles. The SMILES string of the molecule is CCOCCOCCOCCCNC(=O)CCCC[C@@H]1SC[C@@H]2NC(=O)N[C@@H]21. The van der Waals surface area contributed by atoms with Crippen molar-refractivity contribution in [2.75, 3.05) is 51.9 Å². The van der Waals surface area contributed by atoms with Crippen LogP contribution in [0.5, 0.6) is 0 Å². The van der Waals surface area contributed by atoms with Crippen LogP contribution >= 0.6 is 11.8 Å². The van der Waals surface area contributed by atoms with Gasteiger partial charge in [-0.25, -0.2) is 4.79 Å². The largest absolute Gasteiger partial charge is 0.379 e. The first-order valence-corrected chi connectivity index (χ1v) is 11.4. The molecule has 162 valence electrons. The smallest absolute Gasteiger partial charge is 0.315 e. The van der Waals surface area contributed by atoms with Crippen LogP contribution in [0.1, 0.15) is 39.0 Å². The Labute approximate surface area is 172 Å². The Balaban J connectivity index is 1.34. The number of urea groups is 1. The minimum absolute atomic E-state index is 0.0437. The van der Waals surface area contributed by atoms with E-state index in [4.69, 9.17) is 14.2 Å². The van der Waals surface area contributed by atoms with E-state index in [0.29, 0.717) is 57.9 Å². The van der Waals surface area contributed by atoms with Gasteiger partial charge in [-0.05, 0) is 26.2 Å². The average molecular weight is 418 g/mol. The van der Waals surface area contributed by atoms with Gasteiger partial charge in [0, 0.05) is 37.2 Å². The van der Waals surface area contributed by atoms with Crippen LogP contribution in [-0.2, 0) is 19.0 Å². The molecule has 28 heavy (non-hydrogen) atoms. The van der Waals surface area contributed by atoms with Gasteiger partial charge in [-0.2, -0.15) is 11.8 Å². The van der Waals surface area contributed by atoms with Crippen LogP contribution in [0, 0.1) is 0 Å². The maximum absolute atomic E-state index is 11.9.